The number of halogens is 3. The predicted molar refractivity (Wildman–Crippen MR) is 101 cm³/mol. The largest absolute Gasteiger partial charge is 0.497 e. The van der Waals surface area contributed by atoms with E-state index in [2.05, 4.69) is 0 Å². The maximum Gasteiger partial charge on any atom is 0.427 e. The van der Waals surface area contributed by atoms with Crippen LogP contribution >= 0.6 is 0 Å². The summed E-state index contributed by atoms with van der Waals surface area (Å²) in [5.41, 5.74) is -3.88. The Morgan fingerprint density at radius 3 is 2.15 bits per heavy atom. The van der Waals surface area contributed by atoms with E-state index in [1.165, 1.54) is 7.11 Å². The molecule has 1 N–H and O–H groups in total. The third-order valence-electron chi connectivity index (χ3n) is 4.79. The summed E-state index contributed by atoms with van der Waals surface area (Å²) in [6.45, 7) is 9.47. The molecule has 1 rings (SSSR count). The van der Waals surface area contributed by atoms with Gasteiger partial charge in [0.1, 0.15) is 5.75 Å². The maximum absolute atomic E-state index is 14.3. The number of aliphatic carboxylic acids is 1. The van der Waals surface area contributed by atoms with E-state index in [1.807, 2.05) is 0 Å². The van der Waals surface area contributed by atoms with Crippen molar-refractivity contribution in [2.75, 3.05) is 7.11 Å². The number of rotatable bonds is 8. The zero-order chi connectivity index (χ0) is 21.3. The van der Waals surface area contributed by atoms with E-state index >= 15 is 0 Å². The van der Waals surface area contributed by atoms with Crippen molar-refractivity contribution >= 4 is 14.3 Å². The fraction of sp³-hybridized carbons (Fsp3) is 0.632. The zero-order valence-electron chi connectivity index (χ0n) is 16.9. The summed E-state index contributed by atoms with van der Waals surface area (Å²) >= 11 is 0. The highest BCUT2D eigenvalue weighted by molar-refractivity contribution is 6.70. The molecule has 2 unspecified atom stereocenters. The van der Waals surface area contributed by atoms with Gasteiger partial charge in [-0.05, 0) is 49.2 Å². The Balaban J connectivity index is 3.71. The standard InChI is InChI=1S/C19H29F3O4Si/c1-8-15(17(2,3)13-10-9-11-14(12-13)25-4)18(16(23)24,19(20,21)22)26-27(5,6)7/h9-12,15H,8H2,1-7H3,(H,23,24). The molecular formula is C19H29F3O4Si. The molecule has 0 heterocycles. The average Bonchev–Trinajstić information content (AvgIpc) is 2.51. The molecule has 0 spiro atoms. The third kappa shape index (κ3) is 4.66. The third-order valence-corrected chi connectivity index (χ3v) is 5.72. The van der Waals surface area contributed by atoms with E-state index in [1.54, 1.807) is 64.7 Å². The normalized spacial score (nSPS) is 16.5. The molecule has 0 aromatic heterocycles. The zero-order valence-corrected chi connectivity index (χ0v) is 17.9. The van der Waals surface area contributed by atoms with Gasteiger partial charge in [0.2, 0.25) is 0 Å². The Kier molecular flexibility index (Phi) is 6.81. The summed E-state index contributed by atoms with van der Waals surface area (Å²) in [4.78, 5) is 12.1. The van der Waals surface area contributed by atoms with Crippen molar-refractivity contribution in [3.8, 4) is 5.75 Å². The minimum absolute atomic E-state index is 0.0273. The van der Waals surface area contributed by atoms with Crippen molar-refractivity contribution in [1.82, 2.24) is 0 Å². The number of benzene rings is 1. The van der Waals surface area contributed by atoms with Crippen molar-refractivity contribution in [3.05, 3.63) is 29.8 Å². The van der Waals surface area contributed by atoms with Gasteiger partial charge < -0.3 is 14.3 Å². The second-order valence-corrected chi connectivity index (χ2v) is 12.6. The SMILES string of the molecule is CCC(C(C)(C)c1cccc(OC)c1)C(O[Si](C)(C)C)(C(=O)O)C(F)(F)F. The van der Waals surface area contributed by atoms with Crippen LogP contribution in [0.2, 0.25) is 19.6 Å². The van der Waals surface area contributed by atoms with Gasteiger partial charge in [0.25, 0.3) is 5.60 Å². The molecule has 0 aliphatic heterocycles. The summed E-state index contributed by atoms with van der Waals surface area (Å²) in [6.07, 6.45) is -5.10. The number of hydrogen-bond acceptors (Lipinski definition) is 3. The Bertz CT molecular complexity index is 668. The lowest BCUT2D eigenvalue weighted by Gasteiger charge is -2.48. The van der Waals surface area contributed by atoms with E-state index in [-0.39, 0.29) is 6.42 Å². The summed E-state index contributed by atoms with van der Waals surface area (Å²) in [6, 6.07) is 6.69. The molecule has 0 radical (unpaired) electrons. The highest BCUT2D eigenvalue weighted by Gasteiger charge is 2.69. The van der Waals surface area contributed by atoms with Crippen LogP contribution in [0.25, 0.3) is 0 Å². The molecule has 0 saturated carbocycles. The maximum atomic E-state index is 14.3. The molecule has 0 aliphatic carbocycles. The molecule has 2 atom stereocenters. The van der Waals surface area contributed by atoms with Crippen molar-refractivity contribution in [1.29, 1.82) is 0 Å². The van der Waals surface area contributed by atoms with Crippen LogP contribution in [0.15, 0.2) is 24.3 Å². The minimum atomic E-state index is -5.07. The van der Waals surface area contributed by atoms with Crippen LogP contribution in [0.4, 0.5) is 13.2 Å². The number of alkyl halides is 3. The number of hydrogen-bond donors (Lipinski definition) is 1. The molecule has 0 bridgehead atoms. The van der Waals surface area contributed by atoms with Crippen LogP contribution in [0.1, 0.15) is 32.8 Å². The van der Waals surface area contributed by atoms with Gasteiger partial charge in [-0.2, -0.15) is 13.2 Å². The second-order valence-electron chi connectivity index (χ2n) is 8.17. The summed E-state index contributed by atoms with van der Waals surface area (Å²) in [5, 5.41) is 9.79. The van der Waals surface area contributed by atoms with Crippen LogP contribution in [-0.4, -0.2) is 38.3 Å². The highest BCUT2D eigenvalue weighted by atomic mass is 28.4. The molecule has 0 aliphatic rings. The topological polar surface area (TPSA) is 55.8 Å². The first-order valence-corrected chi connectivity index (χ1v) is 12.2. The number of carboxylic acid groups (broad SMARTS) is 1. The van der Waals surface area contributed by atoms with Gasteiger partial charge in [0.05, 0.1) is 7.11 Å². The smallest absolute Gasteiger partial charge is 0.427 e. The first-order chi connectivity index (χ1) is 12.1. The van der Waals surface area contributed by atoms with Crippen molar-refractivity contribution in [3.63, 3.8) is 0 Å². The van der Waals surface area contributed by atoms with Crippen LogP contribution < -0.4 is 4.74 Å². The van der Waals surface area contributed by atoms with E-state index < -0.39 is 37.4 Å². The molecule has 154 valence electrons. The highest BCUT2D eigenvalue weighted by Crippen LogP contribution is 2.51. The molecule has 0 fully saturated rings. The lowest BCUT2D eigenvalue weighted by molar-refractivity contribution is -0.275. The van der Waals surface area contributed by atoms with E-state index in [0.29, 0.717) is 11.3 Å². The Labute approximate surface area is 159 Å². The van der Waals surface area contributed by atoms with E-state index in [9.17, 15) is 23.1 Å². The second kappa shape index (κ2) is 7.83. The van der Waals surface area contributed by atoms with Gasteiger partial charge in [0, 0.05) is 5.92 Å². The van der Waals surface area contributed by atoms with Crippen LogP contribution in [0, 0.1) is 5.92 Å². The molecular weight excluding hydrogens is 377 g/mol. The fourth-order valence-electron chi connectivity index (χ4n) is 3.65. The van der Waals surface area contributed by atoms with Crippen molar-refractivity contribution < 1.29 is 32.2 Å². The van der Waals surface area contributed by atoms with Crippen molar-refractivity contribution in [2.45, 2.75) is 64.0 Å². The van der Waals surface area contributed by atoms with Gasteiger partial charge in [-0.3, -0.25) is 0 Å². The van der Waals surface area contributed by atoms with E-state index in [4.69, 9.17) is 9.16 Å². The van der Waals surface area contributed by atoms with Gasteiger partial charge in [0.15, 0.2) is 8.32 Å². The first-order valence-electron chi connectivity index (χ1n) is 8.78. The lowest BCUT2D eigenvalue weighted by Crippen LogP contribution is -2.66. The quantitative estimate of drug-likeness (QED) is 0.600. The fourth-order valence-corrected chi connectivity index (χ4v) is 4.97. The molecule has 27 heavy (non-hydrogen) atoms. The molecule has 4 nitrogen and oxygen atoms in total. The monoisotopic (exact) mass is 406 g/mol. The van der Waals surface area contributed by atoms with Gasteiger partial charge in [-0.15, -0.1) is 0 Å². The Hall–Kier alpha value is -1.54. The molecule has 0 amide bonds. The number of ether oxygens (including phenoxy) is 1. The first kappa shape index (κ1) is 23.5. The molecule has 1 aromatic rings. The minimum Gasteiger partial charge on any atom is -0.497 e. The van der Waals surface area contributed by atoms with Crippen LogP contribution in [0.3, 0.4) is 0 Å². The van der Waals surface area contributed by atoms with Gasteiger partial charge >= 0.3 is 12.1 Å². The van der Waals surface area contributed by atoms with Gasteiger partial charge in [-0.1, -0.05) is 32.9 Å². The number of carboxylic acids is 1. The Morgan fingerprint density at radius 2 is 1.78 bits per heavy atom. The summed E-state index contributed by atoms with van der Waals surface area (Å²) in [7, 11) is -1.40. The summed E-state index contributed by atoms with van der Waals surface area (Å²) in [5.74, 6) is -2.85. The Morgan fingerprint density at radius 1 is 1.22 bits per heavy atom. The van der Waals surface area contributed by atoms with E-state index in [0.717, 1.165) is 0 Å². The van der Waals surface area contributed by atoms with Crippen molar-refractivity contribution in [2.24, 2.45) is 5.92 Å². The average molecular weight is 407 g/mol. The summed E-state index contributed by atoms with van der Waals surface area (Å²) < 4.78 is 53.5. The number of methoxy groups -OCH3 is 1. The molecule has 8 heteroatoms. The van der Waals surface area contributed by atoms with Crippen LogP contribution in [0.5, 0.6) is 5.75 Å². The molecule has 1 aromatic carbocycles. The van der Waals surface area contributed by atoms with Gasteiger partial charge in [-0.25, -0.2) is 4.79 Å². The predicted octanol–water partition coefficient (Wildman–Crippen LogP) is 5.24. The lowest BCUT2D eigenvalue weighted by atomic mass is 9.64. The number of carbonyl (C=O) groups is 1. The molecule has 0 saturated heterocycles. The van der Waals surface area contributed by atoms with Crippen LogP contribution in [-0.2, 0) is 14.6 Å².